The molecule has 2 aromatic carbocycles. The van der Waals surface area contributed by atoms with Gasteiger partial charge >= 0.3 is 5.97 Å². The minimum absolute atomic E-state index is 0.163. The standard InChI is InChI=1S/C17H15NO3/c1-10-5-3-4-6-12(10)15-13-8-7-11(17(20)21-2)9-14(13)16(19)18-15/h3-9,15H,1-2H3,(H,18,19). The van der Waals surface area contributed by atoms with Gasteiger partial charge in [0.2, 0.25) is 0 Å². The van der Waals surface area contributed by atoms with Crippen molar-refractivity contribution in [3.8, 4) is 0 Å². The van der Waals surface area contributed by atoms with Gasteiger partial charge in [-0.15, -0.1) is 0 Å². The van der Waals surface area contributed by atoms with Gasteiger partial charge in [-0.1, -0.05) is 30.3 Å². The van der Waals surface area contributed by atoms with Crippen LogP contribution in [0.2, 0.25) is 0 Å². The first kappa shape index (κ1) is 13.4. The van der Waals surface area contributed by atoms with Crippen LogP contribution in [0.25, 0.3) is 0 Å². The molecule has 0 fully saturated rings. The normalized spacial score (nSPS) is 16.3. The lowest BCUT2D eigenvalue weighted by Gasteiger charge is -2.15. The topological polar surface area (TPSA) is 55.4 Å². The zero-order valence-corrected chi connectivity index (χ0v) is 11.8. The minimum atomic E-state index is -0.440. The van der Waals surface area contributed by atoms with E-state index >= 15 is 0 Å². The molecule has 0 spiro atoms. The first-order chi connectivity index (χ1) is 10.1. The molecule has 106 valence electrons. The highest BCUT2D eigenvalue weighted by atomic mass is 16.5. The van der Waals surface area contributed by atoms with Gasteiger partial charge < -0.3 is 10.1 Å². The van der Waals surface area contributed by atoms with Crippen molar-refractivity contribution in [1.82, 2.24) is 5.32 Å². The van der Waals surface area contributed by atoms with E-state index in [1.54, 1.807) is 12.1 Å². The minimum Gasteiger partial charge on any atom is -0.465 e. The first-order valence-electron chi connectivity index (χ1n) is 6.70. The van der Waals surface area contributed by atoms with Crippen LogP contribution >= 0.6 is 0 Å². The fourth-order valence-electron chi connectivity index (χ4n) is 2.69. The van der Waals surface area contributed by atoms with E-state index in [0.29, 0.717) is 11.1 Å². The molecule has 1 aliphatic rings. The van der Waals surface area contributed by atoms with Crippen molar-refractivity contribution < 1.29 is 14.3 Å². The molecule has 1 unspecified atom stereocenters. The van der Waals surface area contributed by atoms with E-state index in [2.05, 4.69) is 5.32 Å². The summed E-state index contributed by atoms with van der Waals surface area (Å²) in [4.78, 5) is 23.7. The van der Waals surface area contributed by atoms with E-state index in [-0.39, 0.29) is 11.9 Å². The molecule has 4 nitrogen and oxygen atoms in total. The Morgan fingerprint density at radius 3 is 2.62 bits per heavy atom. The highest BCUT2D eigenvalue weighted by Crippen LogP contribution is 2.33. The van der Waals surface area contributed by atoms with Crippen LogP contribution in [0, 0.1) is 6.92 Å². The Balaban J connectivity index is 2.07. The summed E-state index contributed by atoms with van der Waals surface area (Å²) in [6.45, 7) is 2.02. The summed E-state index contributed by atoms with van der Waals surface area (Å²) in [6.07, 6.45) is 0. The molecule has 1 amide bonds. The molecule has 1 aliphatic heterocycles. The van der Waals surface area contributed by atoms with E-state index in [1.807, 2.05) is 37.3 Å². The highest BCUT2D eigenvalue weighted by molar-refractivity contribution is 6.02. The van der Waals surface area contributed by atoms with E-state index in [0.717, 1.165) is 16.7 Å². The van der Waals surface area contributed by atoms with Crippen molar-refractivity contribution in [2.45, 2.75) is 13.0 Å². The van der Waals surface area contributed by atoms with E-state index in [4.69, 9.17) is 4.74 Å². The van der Waals surface area contributed by atoms with Crippen molar-refractivity contribution in [2.24, 2.45) is 0 Å². The van der Waals surface area contributed by atoms with E-state index in [1.165, 1.54) is 7.11 Å². The number of rotatable bonds is 2. The second-order valence-electron chi connectivity index (χ2n) is 5.06. The summed E-state index contributed by atoms with van der Waals surface area (Å²) >= 11 is 0. The van der Waals surface area contributed by atoms with Crippen LogP contribution in [0.4, 0.5) is 0 Å². The predicted octanol–water partition coefficient (Wildman–Crippen LogP) is 2.61. The Morgan fingerprint density at radius 2 is 1.90 bits per heavy atom. The van der Waals surface area contributed by atoms with Crippen molar-refractivity contribution in [3.63, 3.8) is 0 Å². The van der Waals surface area contributed by atoms with Crippen molar-refractivity contribution in [1.29, 1.82) is 0 Å². The number of ether oxygens (including phenoxy) is 1. The number of benzene rings is 2. The summed E-state index contributed by atoms with van der Waals surface area (Å²) < 4.78 is 4.69. The molecule has 1 atom stereocenters. The quantitative estimate of drug-likeness (QED) is 0.861. The molecular formula is C17H15NO3. The molecular weight excluding hydrogens is 266 g/mol. The number of nitrogens with one attached hydrogen (secondary N) is 1. The number of carbonyl (C=O) groups excluding carboxylic acids is 2. The van der Waals surface area contributed by atoms with Crippen LogP contribution in [-0.2, 0) is 4.74 Å². The zero-order chi connectivity index (χ0) is 15.0. The Hall–Kier alpha value is -2.62. The average Bonchev–Trinajstić information content (AvgIpc) is 2.83. The van der Waals surface area contributed by atoms with E-state index in [9.17, 15) is 9.59 Å². The molecule has 0 radical (unpaired) electrons. The molecule has 0 aliphatic carbocycles. The van der Waals surface area contributed by atoms with Gasteiger partial charge in [0, 0.05) is 5.56 Å². The number of hydrogen-bond donors (Lipinski definition) is 1. The Morgan fingerprint density at radius 1 is 1.14 bits per heavy atom. The maximum Gasteiger partial charge on any atom is 0.337 e. The smallest absolute Gasteiger partial charge is 0.337 e. The van der Waals surface area contributed by atoms with E-state index < -0.39 is 5.97 Å². The fourth-order valence-corrected chi connectivity index (χ4v) is 2.69. The van der Waals surface area contributed by atoms with Gasteiger partial charge in [-0.3, -0.25) is 4.79 Å². The molecule has 0 saturated carbocycles. The number of amides is 1. The molecule has 0 saturated heterocycles. The largest absolute Gasteiger partial charge is 0.465 e. The molecule has 21 heavy (non-hydrogen) atoms. The van der Waals surface area contributed by atoms with Gasteiger partial charge in [-0.2, -0.15) is 0 Å². The Labute approximate surface area is 122 Å². The van der Waals surface area contributed by atoms with Gasteiger partial charge in [-0.25, -0.2) is 4.79 Å². The molecule has 3 rings (SSSR count). The highest BCUT2D eigenvalue weighted by Gasteiger charge is 2.31. The van der Waals surface area contributed by atoms with Gasteiger partial charge in [0.1, 0.15) is 0 Å². The summed E-state index contributed by atoms with van der Waals surface area (Å²) in [5, 5.41) is 2.97. The number of fused-ring (bicyclic) bond motifs is 1. The lowest BCUT2D eigenvalue weighted by atomic mass is 9.94. The Bertz CT molecular complexity index is 737. The van der Waals surface area contributed by atoms with Gasteiger partial charge in [0.15, 0.2) is 0 Å². The van der Waals surface area contributed by atoms with Crippen LogP contribution in [0.15, 0.2) is 42.5 Å². The molecule has 1 N–H and O–H groups in total. The fraction of sp³-hybridized carbons (Fsp3) is 0.176. The molecule has 4 heteroatoms. The third-order valence-corrected chi connectivity index (χ3v) is 3.80. The maximum atomic E-state index is 12.2. The van der Waals surface area contributed by atoms with Crippen LogP contribution < -0.4 is 5.32 Å². The Kier molecular flexibility index (Phi) is 3.22. The number of aryl methyl sites for hydroxylation is 1. The lowest BCUT2D eigenvalue weighted by molar-refractivity contribution is 0.0600. The van der Waals surface area contributed by atoms with Gasteiger partial charge in [0.25, 0.3) is 5.91 Å². The molecule has 2 aromatic rings. The number of hydrogen-bond acceptors (Lipinski definition) is 3. The van der Waals surface area contributed by atoms with Crippen molar-refractivity contribution in [3.05, 3.63) is 70.3 Å². The van der Waals surface area contributed by atoms with Gasteiger partial charge in [0.05, 0.1) is 18.7 Å². The summed E-state index contributed by atoms with van der Waals surface area (Å²) in [5.74, 6) is -0.603. The SMILES string of the molecule is COC(=O)c1ccc2c(c1)C(=O)NC2c1ccccc1C. The van der Waals surface area contributed by atoms with Crippen LogP contribution in [-0.4, -0.2) is 19.0 Å². The predicted molar refractivity (Wildman–Crippen MR) is 78.3 cm³/mol. The lowest BCUT2D eigenvalue weighted by Crippen LogP contribution is -2.20. The molecule has 0 aromatic heterocycles. The summed E-state index contributed by atoms with van der Waals surface area (Å²) in [7, 11) is 1.33. The van der Waals surface area contributed by atoms with Crippen LogP contribution in [0.1, 0.15) is 43.4 Å². The van der Waals surface area contributed by atoms with Crippen molar-refractivity contribution >= 4 is 11.9 Å². The second kappa shape index (κ2) is 5.05. The first-order valence-corrected chi connectivity index (χ1v) is 6.70. The average molecular weight is 281 g/mol. The second-order valence-corrected chi connectivity index (χ2v) is 5.06. The van der Waals surface area contributed by atoms with Crippen LogP contribution in [0.3, 0.4) is 0 Å². The summed E-state index contributed by atoms with van der Waals surface area (Å²) in [5.41, 5.74) is 3.99. The maximum absolute atomic E-state index is 12.2. The van der Waals surface area contributed by atoms with Crippen molar-refractivity contribution in [2.75, 3.05) is 7.11 Å². The number of esters is 1. The molecule has 1 heterocycles. The van der Waals surface area contributed by atoms with Gasteiger partial charge in [-0.05, 0) is 35.7 Å². The summed E-state index contributed by atoms with van der Waals surface area (Å²) in [6, 6.07) is 12.9. The third kappa shape index (κ3) is 2.18. The molecule has 0 bridgehead atoms. The third-order valence-electron chi connectivity index (χ3n) is 3.80. The number of carbonyl (C=O) groups is 2. The van der Waals surface area contributed by atoms with Crippen LogP contribution in [0.5, 0.6) is 0 Å². The number of methoxy groups -OCH3 is 1. The monoisotopic (exact) mass is 281 g/mol. The zero-order valence-electron chi connectivity index (χ0n) is 11.8.